The first-order valence-electron chi connectivity index (χ1n) is 17.4. The van der Waals surface area contributed by atoms with E-state index >= 15 is 0 Å². The van der Waals surface area contributed by atoms with Crippen LogP contribution in [0.2, 0.25) is 0 Å². The predicted molar refractivity (Wildman–Crippen MR) is 213 cm³/mol. The molecule has 0 bridgehead atoms. The molecular weight excluding hydrogens is 621 g/mol. The van der Waals surface area contributed by atoms with Crippen molar-refractivity contribution in [3.05, 3.63) is 182 Å². The van der Waals surface area contributed by atoms with E-state index in [0.717, 1.165) is 44.4 Å². The van der Waals surface area contributed by atoms with Crippen LogP contribution in [-0.4, -0.2) is 9.13 Å². The second-order valence-corrected chi connectivity index (χ2v) is 13.3. The van der Waals surface area contributed by atoms with Crippen molar-refractivity contribution in [2.45, 2.75) is 0 Å². The van der Waals surface area contributed by atoms with Gasteiger partial charge in [-0.1, -0.05) is 127 Å². The van der Waals surface area contributed by atoms with E-state index < -0.39 is 0 Å². The SMILES string of the molecule is c1ccc(-c2ccc(-c3ccc4oc5cccc(-n6c7ccccc7c7ccc(-n8c9ccccc9c9ccccc98)cc76)c5c4c3)cc2)cc1. The Labute approximate surface area is 293 Å². The Morgan fingerprint density at radius 1 is 0.314 bits per heavy atom. The normalized spacial score (nSPS) is 11.9. The van der Waals surface area contributed by atoms with E-state index in [1.54, 1.807) is 0 Å². The van der Waals surface area contributed by atoms with E-state index in [9.17, 15) is 0 Å². The van der Waals surface area contributed by atoms with Gasteiger partial charge in [-0.15, -0.1) is 0 Å². The molecule has 3 heteroatoms. The summed E-state index contributed by atoms with van der Waals surface area (Å²) in [7, 11) is 0. The fraction of sp³-hybridized carbons (Fsp3) is 0. The molecule has 0 atom stereocenters. The standard InChI is InChI=1S/C48H30N2O/c1-2-11-31(12-3-1)32-21-23-33(24-22-32)34-25-28-46-40(29-34)48-44(19-10-20-47(48)51-46)50-43-18-9-6-15-38(43)39-27-26-35(30-45(39)50)49-41-16-7-4-13-36(41)37-14-5-8-17-42(37)49/h1-30H. The highest BCUT2D eigenvalue weighted by molar-refractivity contribution is 6.15. The molecule has 3 nitrogen and oxygen atoms in total. The highest BCUT2D eigenvalue weighted by Gasteiger charge is 2.20. The van der Waals surface area contributed by atoms with E-state index in [2.05, 4.69) is 191 Å². The molecule has 0 radical (unpaired) electrons. The lowest BCUT2D eigenvalue weighted by Gasteiger charge is -2.12. The van der Waals surface area contributed by atoms with Crippen molar-refractivity contribution in [3.8, 4) is 33.6 Å². The minimum Gasteiger partial charge on any atom is -0.456 e. The Balaban J connectivity index is 1.14. The number of hydrogen-bond acceptors (Lipinski definition) is 1. The van der Waals surface area contributed by atoms with Gasteiger partial charge < -0.3 is 13.6 Å². The number of aromatic nitrogens is 2. The van der Waals surface area contributed by atoms with Crippen LogP contribution in [0.5, 0.6) is 0 Å². The topological polar surface area (TPSA) is 23.0 Å². The fourth-order valence-electron chi connectivity index (χ4n) is 8.22. The van der Waals surface area contributed by atoms with Crippen molar-refractivity contribution in [3.63, 3.8) is 0 Å². The summed E-state index contributed by atoms with van der Waals surface area (Å²) < 4.78 is 11.4. The van der Waals surface area contributed by atoms with Gasteiger partial charge in [0.1, 0.15) is 11.2 Å². The highest BCUT2D eigenvalue weighted by Crippen LogP contribution is 2.41. The van der Waals surface area contributed by atoms with E-state index in [4.69, 9.17) is 4.42 Å². The molecule has 3 aromatic heterocycles. The number of nitrogens with zero attached hydrogens (tertiary/aromatic N) is 2. The summed E-state index contributed by atoms with van der Waals surface area (Å²) in [6.07, 6.45) is 0. The van der Waals surface area contributed by atoms with Crippen LogP contribution in [0.4, 0.5) is 0 Å². The molecule has 0 saturated heterocycles. The van der Waals surface area contributed by atoms with Crippen molar-refractivity contribution in [2.75, 3.05) is 0 Å². The zero-order valence-corrected chi connectivity index (χ0v) is 27.6. The van der Waals surface area contributed by atoms with Gasteiger partial charge in [-0.2, -0.15) is 0 Å². The van der Waals surface area contributed by atoms with Crippen molar-refractivity contribution in [1.82, 2.24) is 9.13 Å². The molecule has 8 aromatic carbocycles. The van der Waals surface area contributed by atoms with Gasteiger partial charge in [-0.05, 0) is 76.9 Å². The summed E-state index contributed by atoms with van der Waals surface area (Å²) >= 11 is 0. The molecule has 0 aliphatic heterocycles. The average Bonchev–Trinajstić information content (AvgIpc) is 3.85. The molecule has 238 valence electrons. The molecule has 3 heterocycles. The highest BCUT2D eigenvalue weighted by atomic mass is 16.3. The smallest absolute Gasteiger partial charge is 0.137 e. The van der Waals surface area contributed by atoms with Gasteiger partial charge in [0.25, 0.3) is 0 Å². The molecule has 0 unspecified atom stereocenters. The van der Waals surface area contributed by atoms with Gasteiger partial charge in [-0.3, -0.25) is 0 Å². The van der Waals surface area contributed by atoms with Crippen molar-refractivity contribution in [2.24, 2.45) is 0 Å². The van der Waals surface area contributed by atoms with Crippen molar-refractivity contribution >= 4 is 65.6 Å². The number of para-hydroxylation sites is 3. The Bertz CT molecular complexity index is 3070. The summed E-state index contributed by atoms with van der Waals surface area (Å²) in [4.78, 5) is 0. The van der Waals surface area contributed by atoms with Gasteiger partial charge in [0.15, 0.2) is 0 Å². The number of furan rings is 1. The summed E-state index contributed by atoms with van der Waals surface area (Å²) in [5, 5.41) is 7.18. The van der Waals surface area contributed by atoms with Gasteiger partial charge in [0.05, 0.1) is 33.1 Å². The van der Waals surface area contributed by atoms with Crippen LogP contribution in [0.1, 0.15) is 0 Å². The third-order valence-corrected chi connectivity index (χ3v) is 10.5. The summed E-state index contributed by atoms with van der Waals surface area (Å²) in [5.41, 5.74) is 13.5. The van der Waals surface area contributed by atoms with Crippen molar-refractivity contribution < 1.29 is 4.42 Å². The second kappa shape index (κ2) is 10.8. The van der Waals surface area contributed by atoms with Crippen LogP contribution in [0.15, 0.2) is 186 Å². The van der Waals surface area contributed by atoms with E-state index in [0.29, 0.717) is 0 Å². The maximum atomic E-state index is 6.54. The second-order valence-electron chi connectivity index (χ2n) is 13.3. The van der Waals surface area contributed by atoms with E-state index in [1.165, 1.54) is 54.8 Å². The zero-order valence-electron chi connectivity index (χ0n) is 27.6. The van der Waals surface area contributed by atoms with Crippen LogP contribution in [0.25, 0.3) is 99.2 Å². The third-order valence-electron chi connectivity index (χ3n) is 10.5. The minimum atomic E-state index is 0.878. The predicted octanol–water partition coefficient (Wildman–Crippen LogP) is 13.1. The first-order valence-corrected chi connectivity index (χ1v) is 17.4. The average molecular weight is 651 g/mol. The van der Waals surface area contributed by atoms with Crippen LogP contribution in [-0.2, 0) is 0 Å². The van der Waals surface area contributed by atoms with Crippen molar-refractivity contribution in [1.29, 1.82) is 0 Å². The number of rotatable bonds is 4. The monoisotopic (exact) mass is 650 g/mol. The zero-order chi connectivity index (χ0) is 33.5. The van der Waals surface area contributed by atoms with Crippen LogP contribution >= 0.6 is 0 Å². The molecule has 0 aliphatic carbocycles. The Morgan fingerprint density at radius 3 is 1.55 bits per heavy atom. The Morgan fingerprint density at radius 2 is 0.863 bits per heavy atom. The number of hydrogen-bond donors (Lipinski definition) is 0. The fourth-order valence-corrected chi connectivity index (χ4v) is 8.22. The molecule has 11 aromatic rings. The van der Waals surface area contributed by atoms with Gasteiger partial charge in [0, 0.05) is 32.6 Å². The summed E-state index contributed by atoms with van der Waals surface area (Å²) in [6, 6.07) is 65.4. The molecular formula is C48H30N2O. The van der Waals surface area contributed by atoms with Crippen LogP contribution in [0, 0.1) is 0 Å². The minimum absolute atomic E-state index is 0.878. The first-order chi connectivity index (χ1) is 25.3. The molecule has 0 N–H and O–H groups in total. The number of fused-ring (bicyclic) bond motifs is 9. The molecule has 11 rings (SSSR count). The summed E-state index contributed by atoms with van der Waals surface area (Å²) in [5.74, 6) is 0. The Hall–Kier alpha value is -6.84. The molecule has 0 spiro atoms. The maximum absolute atomic E-state index is 6.54. The maximum Gasteiger partial charge on any atom is 0.137 e. The molecule has 0 aliphatic rings. The molecule has 0 amide bonds. The van der Waals surface area contributed by atoms with Gasteiger partial charge in [0.2, 0.25) is 0 Å². The lowest BCUT2D eigenvalue weighted by Crippen LogP contribution is -1.97. The first kappa shape index (κ1) is 28.0. The molecule has 51 heavy (non-hydrogen) atoms. The van der Waals surface area contributed by atoms with Gasteiger partial charge >= 0.3 is 0 Å². The lowest BCUT2D eigenvalue weighted by molar-refractivity contribution is 0.669. The van der Waals surface area contributed by atoms with Crippen LogP contribution < -0.4 is 0 Å². The van der Waals surface area contributed by atoms with Gasteiger partial charge in [-0.25, -0.2) is 0 Å². The molecule has 0 fully saturated rings. The quantitative estimate of drug-likeness (QED) is 0.186. The van der Waals surface area contributed by atoms with E-state index in [-0.39, 0.29) is 0 Å². The third kappa shape index (κ3) is 4.19. The molecule has 0 saturated carbocycles. The largest absolute Gasteiger partial charge is 0.456 e. The van der Waals surface area contributed by atoms with Crippen LogP contribution in [0.3, 0.4) is 0 Å². The Kier molecular flexibility index (Phi) is 5.96. The number of benzene rings is 8. The summed E-state index contributed by atoms with van der Waals surface area (Å²) in [6.45, 7) is 0. The van der Waals surface area contributed by atoms with E-state index in [1.807, 2.05) is 0 Å². The lowest BCUT2D eigenvalue weighted by atomic mass is 9.99.